The van der Waals surface area contributed by atoms with E-state index in [4.69, 9.17) is 9.47 Å². The quantitative estimate of drug-likeness (QED) is 0.251. The molecule has 0 spiro atoms. The highest BCUT2D eigenvalue weighted by Gasteiger charge is 2.12. The number of nitrogens with zero attached hydrogens (tertiary/aromatic N) is 2. The summed E-state index contributed by atoms with van der Waals surface area (Å²) >= 11 is 1.48. The number of benzene rings is 4. The third-order valence-electron chi connectivity index (χ3n) is 5.07. The summed E-state index contributed by atoms with van der Waals surface area (Å²) in [5, 5.41) is 13.5. The number of para-hydroxylation sites is 1. The molecule has 1 N–H and O–H groups in total. The van der Waals surface area contributed by atoms with E-state index in [2.05, 4.69) is 15.5 Å². The minimum Gasteiger partial charge on any atom is -0.489 e. The van der Waals surface area contributed by atoms with Crippen molar-refractivity contribution in [1.82, 2.24) is 10.2 Å². The predicted octanol–water partition coefficient (Wildman–Crippen LogP) is 7.11. The molecule has 4 aromatic carbocycles. The second-order valence-corrected chi connectivity index (χ2v) is 8.62. The summed E-state index contributed by atoms with van der Waals surface area (Å²) in [5.41, 5.74) is 4.07. The van der Waals surface area contributed by atoms with Crippen molar-refractivity contribution in [3.63, 3.8) is 0 Å². The molecule has 0 unspecified atom stereocenters. The number of ether oxygens (including phenoxy) is 2. The third kappa shape index (κ3) is 5.79. The Kier molecular flexibility index (Phi) is 6.78. The van der Waals surface area contributed by atoms with Gasteiger partial charge in [0, 0.05) is 17.3 Å². The fraction of sp³-hybridized carbons (Fsp3) is 0.0714. The Hall–Kier alpha value is -4.16. The molecule has 0 fully saturated rings. The van der Waals surface area contributed by atoms with Crippen LogP contribution < -0.4 is 14.8 Å². The van der Waals surface area contributed by atoms with E-state index in [1.54, 1.807) is 0 Å². The zero-order valence-electron chi connectivity index (χ0n) is 18.4. The van der Waals surface area contributed by atoms with E-state index in [0.717, 1.165) is 44.0 Å². The summed E-state index contributed by atoms with van der Waals surface area (Å²) in [6.45, 7) is 0.943. The first-order valence-corrected chi connectivity index (χ1v) is 11.8. The number of aromatic nitrogens is 2. The van der Waals surface area contributed by atoms with Crippen LogP contribution in [0.4, 0.5) is 10.8 Å². The molecule has 5 nitrogen and oxygen atoms in total. The molecule has 0 aliphatic heterocycles. The molecule has 34 heavy (non-hydrogen) atoms. The van der Waals surface area contributed by atoms with Crippen molar-refractivity contribution in [1.29, 1.82) is 0 Å². The smallest absolute Gasteiger partial charge is 0.210 e. The normalized spacial score (nSPS) is 10.6. The van der Waals surface area contributed by atoms with Crippen LogP contribution in [0, 0.1) is 0 Å². The fourth-order valence-corrected chi connectivity index (χ4v) is 4.13. The zero-order valence-corrected chi connectivity index (χ0v) is 19.2. The average Bonchev–Trinajstić information content (AvgIpc) is 3.36. The molecule has 0 atom stereocenters. The molecule has 1 aromatic heterocycles. The van der Waals surface area contributed by atoms with Crippen LogP contribution in [0.1, 0.15) is 11.1 Å². The van der Waals surface area contributed by atoms with E-state index in [-0.39, 0.29) is 0 Å². The van der Waals surface area contributed by atoms with Crippen LogP contribution in [0.15, 0.2) is 109 Å². The van der Waals surface area contributed by atoms with Gasteiger partial charge in [-0.2, -0.15) is 0 Å². The molecule has 0 bridgehead atoms. The summed E-state index contributed by atoms with van der Waals surface area (Å²) < 4.78 is 12.2. The van der Waals surface area contributed by atoms with Crippen LogP contribution >= 0.6 is 11.3 Å². The van der Waals surface area contributed by atoms with Crippen molar-refractivity contribution in [2.75, 3.05) is 5.32 Å². The van der Waals surface area contributed by atoms with Crippen molar-refractivity contribution in [2.24, 2.45) is 0 Å². The Morgan fingerprint density at radius 1 is 0.618 bits per heavy atom. The fourth-order valence-electron chi connectivity index (χ4n) is 3.38. The summed E-state index contributed by atoms with van der Waals surface area (Å²) in [7, 11) is 0. The van der Waals surface area contributed by atoms with Crippen LogP contribution in [0.3, 0.4) is 0 Å². The van der Waals surface area contributed by atoms with Gasteiger partial charge in [0.1, 0.15) is 29.7 Å². The molecule has 0 saturated carbocycles. The lowest BCUT2D eigenvalue weighted by atomic mass is 10.2. The predicted molar refractivity (Wildman–Crippen MR) is 137 cm³/mol. The summed E-state index contributed by atoms with van der Waals surface area (Å²) in [5.74, 6) is 1.44. The van der Waals surface area contributed by atoms with Crippen LogP contribution in [0.5, 0.6) is 11.5 Å². The first kappa shape index (κ1) is 21.7. The molecule has 5 aromatic rings. The Labute approximate surface area is 202 Å². The number of nitrogens with one attached hydrogen (secondary N) is 1. The maximum absolute atomic E-state index is 6.11. The Morgan fingerprint density at radius 3 is 1.71 bits per heavy atom. The summed E-state index contributed by atoms with van der Waals surface area (Å²) in [6.07, 6.45) is 0. The first-order valence-electron chi connectivity index (χ1n) is 11.0. The van der Waals surface area contributed by atoms with Gasteiger partial charge in [-0.25, -0.2) is 0 Å². The van der Waals surface area contributed by atoms with Crippen LogP contribution in [0.2, 0.25) is 0 Å². The number of hydrogen-bond acceptors (Lipinski definition) is 6. The number of rotatable bonds is 9. The van der Waals surface area contributed by atoms with Crippen LogP contribution in [-0.2, 0) is 13.2 Å². The van der Waals surface area contributed by atoms with Gasteiger partial charge in [0.25, 0.3) is 0 Å². The maximum Gasteiger partial charge on any atom is 0.210 e. The second kappa shape index (κ2) is 10.6. The van der Waals surface area contributed by atoms with Gasteiger partial charge in [0.2, 0.25) is 5.13 Å². The summed E-state index contributed by atoms with van der Waals surface area (Å²) in [6, 6.07) is 36.0. The first-order chi connectivity index (χ1) is 16.8. The van der Waals surface area contributed by atoms with Crippen molar-refractivity contribution < 1.29 is 9.47 Å². The molecule has 0 aliphatic carbocycles. The van der Waals surface area contributed by atoms with Gasteiger partial charge in [-0.3, -0.25) is 0 Å². The highest BCUT2D eigenvalue weighted by molar-refractivity contribution is 7.18. The molecule has 6 heteroatoms. The number of anilines is 2. The van der Waals surface area contributed by atoms with E-state index >= 15 is 0 Å². The standard InChI is InChI=1S/C28H23N3O2S/c1-4-10-21(11-5-1)19-32-25-16-23(17-26(18-25)33-20-22-12-6-2-7-13-22)27-30-31-28(34-27)29-24-14-8-3-9-15-24/h1-18H,19-20H2,(H,29,31). The zero-order chi connectivity index (χ0) is 23.0. The topological polar surface area (TPSA) is 56.3 Å². The van der Waals surface area contributed by atoms with E-state index < -0.39 is 0 Å². The lowest BCUT2D eigenvalue weighted by molar-refractivity contribution is 0.290. The third-order valence-corrected chi connectivity index (χ3v) is 5.96. The molecule has 168 valence electrons. The van der Waals surface area contributed by atoms with E-state index in [0.29, 0.717) is 13.2 Å². The van der Waals surface area contributed by atoms with Crippen molar-refractivity contribution in [3.8, 4) is 22.1 Å². The Balaban J connectivity index is 1.38. The minimum atomic E-state index is 0.472. The highest BCUT2D eigenvalue weighted by atomic mass is 32.1. The van der Waals surface area contributed by atoms with Gasteiger partial charge in [-0.1, -0.05) is 90.2 Å². The monoisotopic (exact) mass is 465 g/mol. The van der Waals surface area contributed by atoms with Crippen molar-refractivity contribution in [3.05, 3.63) is 120 Å². The van der Waals surface area contributed by atoms with Gasteiger partial charge >= 0.3 is 0 Å². The Morgan fingerprint density at radius 2 is 1.15 bits per heavy atom. The average molecular weight is 466 g/mol. The van der Waals surface area contributed by atoms with Gasteiger partial charge in [-0.15, -0.1) is 10.2 Å². The molecule has 5 rings (SSSR count). The van der Waals surface area contributed by atoms with Crippen LogP contribution in [0.25, 0.3) is 10.6 Å². The van der Waals surface area contributed by atoms with Gasteiger partial charge < -0.3 is 14.8 Å². The highest BCUT2D eigenvalue weighted by Crippen LogP contribution is 2.34. The second-order valence-electron chi connectivity index (χ2n) is 7.65. The summed E-state index contributed by atoms with van der Waals surface area (Å²) in [4.78, 5) is 0. The molecule has 0 amide bonds. The maximum atomic E-state index is 6.11. The molecule has 0 saturated heterocycles. The van der Waals surface area contributed by atoms with Gasteiger partial charge in [0.15, 0.2) is 0 Å². The SMILES string of the molecule is c1ccc(COc2cc(OCc3ccccc3)cc(-c3nnc(Nc4ccccc4)s3)c2)cc1. The van der Waals surface area contributed by atoms with Gasteiger partial charge in [-0.05, 0) is 35.4 Å². The van der Waals surface area contributed by atoms with E-state index in [9.17, 15) is 0 Å². The molecular weight excluding hydrogens is 442 g/mol. The number of hydrogen-bond donors (Lipinski definition) is 1. The largest absolute Gasteiger partial charge is 0.489 e. The van der Waals surface area contributed by atoms with E-state index in [1.165, 1.54) is 11.3 Å². The van der Waals surface area contributed by atoms with Crippen LogP contribution in [-0.4, -0.2) is 10.2 Å². The molecule has 0 radical (unpaired) electrons. The molecule has 0 aliphatic rings. The van der Waals surface area contributed by atoms with E-state index in [1.807, 2.05) is 109 Å². The Bertz CT molecular complexity index is 1260. The minimum absolute atomic E-state index is 0.472. The lowest BCUT2D eigenvalue weighted by Crippen LogP contribution is -1.98. The molecule has 1 heterocycles. The van der Waals surface area contributed by atoms with Crippen molar-refractivity contribution in [2.45, 2.75) is 13.2 Å². The lowest BCUT2D eigenvalue weighted by Gasteiger charge is -2.12. The van der Waals surface area contributed by atoms with Crippen molar-refractivity contribution >= 4 is 22.2 Å². The molecular formula is C28H23N3O2S. The van der Waals surface area contributed by atoms with Gasteiger partial charge in [0.05, 0.1) is 0 Å².